The molecule has 0 radical (unpaired) electrons. The summed E-state index contributed by atoms with van der Waals surface area (Å²) in [6.07, 6.45) is 2.37. The Morgan fingerprint density at radius 2 is 2.14 bits per heavy atom. The summed E-state index contributed by atoms with van der Waals surface area (Å²) in [6.45, 7) is 0.438. The van der Waals surface area contributed by atoms with Crippen LogP contribution in [0, 0.1) is 12.0 Å². The number of methoxy groups -OCH3 is 2. The Kier molecular flexibility index (Phi) is 4.80. The van der Waals surface area contributed by atoms with E-state index in [0.717, 1.165) is 0 Å². The summed E-state index contributed by atoms with van der Waals surface area (Å²) in [4.78, 5) is 0. The van der Waals surface area contributed by atoms with Crippen LogP contribution in [-0.2, 0) is 9.47 Å². The maximum Gasteiger partial charge on any atom is 0.112 e. The molecule has 0 rings (SSSR count). The molecular formula is C5H8O2. The van der Waals surface area contributed by atoms with Crippen molar-refractivity contribution < 1.29 is 9.47 Å². The Hall–Kier alpha value is -0.680. The minimum absolute atomic E-state index is 0.438. The molecule has 7 heavy (non-hydrogen) atoms. The number of rotatable bonds is 1. The third kappa shape index (κ3) is 5.32. The molecule has 0 unspecified atom stereocenters. The summed E-state index contributed by atoms with van der Waals surface area (Å²) in [6, 6.07) is 0. The topological polar surface area (TPSA) is 18.5 Å². The second-order valence-electron chi connectivity index (χ2n) is 0.916. The summed E-state index contributed by atoms with van der Waals surface area (Å²) in [7, 11) is 3.10. The monoisotopic (exact) mass is 100 g/mol. The van der Waals surface area contributed by atoms with Crippen LogP contribution in [0.15, 0.2) is 0 Å². The van der Waals surface area contributed by atoms with Crippen molar-refractivity contribution in [1.82, 2.24) is 0 Å². The zero-order valence-corrected chi connectivity index (χ0v) is 4.52. The second kappa shape index (κ2) is 5.32. The van der Waals surface area contributed by atoms with E-state index in [1.165, 1.54) is 7.11 Å². The van der Waals surface area contributed by atoms with Crippen molar-refractivity contribution in [3.8, 4) is 12.0 Å². The van der Waals surface area contributed by atoms with Crippen molar-refractivity contribution >= 4 is 0 Å². The summed E-state index contributed by atoms with van der Waals surface area (Å²) in [5.41, 5.74) is 0. The molecule has 0 aromatic carbocycles. The first-order valence-corrected chi connectivity index (χ1v) is 1.91. The molecule has 0 aliphatic carbocycles. The number of ether oxygens (including phenoxy) is 2. The molecule has 0 atom stereocenters. The molecule has 2 nitrogen and oxygen atoms in total. The Balaban J connectivity index is 2.91. The standard InChI is InChI=1S/C5H8O2/c1-6-4-3-5-7-2/h4H2,1-2H3. The van der Waals surface area contributed by atoms with Gasteiger partial charge in [-0.1, -0.05) is 0 Å². The summed E-state index contributed by atoms with van der Waals surface area (Å²) in [5.74, 6) is 2.59. The molecular weight excluding hydrogens is 92.1 g/mol. The summed E-state index contributed by atoms with van der Waals surface area (Å²) in [5, 5.41) is 0. The van der Waals surface area contributed by atoms with Gasteiger partial charge in [-0.15, -0.1) is 0 Å². The number of hydrogen-bond donors (Lipinski definition) is 0. The zero-order chi connectivity index (χ0) is 5.54. The highest BCUT2D eigenvalue weighted by Gasteiger charge is 1.63. The molecule has 0 heterocycles. The molecule has 0 spiro atoms. The van der Waals surface area contributed by atoms with E-state index in [9.17, 15) is 0 Å². The molecule has 0 bridgehead atoms. The summed E-state index contributed by atoms with van der Waals surface area (Å²) >= 11 is 0. The van der Waals surface area contributed by atoms with Crippen LogP contribution in [0.1, 0.15) is 0 Å². The minimum Gasteiger partial charge on any atom is -0.450 e. The van der Waals surface area contributed by atoms with Gasteiger partial charge in [-0.3, -0.25) is 0 Å². The lowest BCUT2D eigenvalue weighted by atomic mass is 10.7. The van der Waals surface area contributed by atoms with Gasteiger partial charge in [0.25, 0.3) is 0 Å². The SMILES string of the molecule is COC#CCOC. The molecule has 2 heteroatoms. The lowest BCUT2D eigenvalue weighted by Gasteiger charge is -1.80. The fraction of sp³-hybridized carbons (Fsp3) is 0.600. The highest BCUT2D eigenvalue weighted by Crippen LogP contribution is 1.60. The maximum absolute atomic E-state index is 4.59. The van der Waals surface area contributed by atoms with Crippen LogP contribution in [0.4, 0.5) is 0 Å². The summed E-state index contributed by atoms with van der Waals surface area (Å²) < 4.78 is 8.99. The van der Waals surface area contributed by atoms with Crippen LogP contribution < -0.4 is 0 Å². The first-order valence-electron chi connectivity index (χ1n) is 1.91. The molecule has 0 N–H and O–H groups in total. The zero-order valence-electron chi connectivity index (χ0n) is 4.52. The van der Waals surface area contributed by atoms with E-state index in [4.69, 9.17) is 0 Å². The van der Waals surface area contributed by atoms with E-state index >= 15 is 0 Å². The fourth-order valence-corrected chi connectivity index (χ4v) is 0.174. The Morgan fingerprint density at radius 1 is 1.43 bits per heavy atom. The average molecular weight is 100 g/mol. The van der Waals surface area contributed by atoms with Gasteiger partial charge < -0.3 is 9.47 Å². The maximum atomic E-state index is 4.59. The molecule has 0 fully saturated rings. The molecule has 0 saturated heterocycles. The minimum atomic E-state index is 0.438. The van der Waals surface area contributed by atoms with Crippen molar-refractivity contribution in [1.29, 1.82) is 0 Å². The Morgan fingerprint density at radius 3 is 2.57 bits per heavy atom. The predicted octanol–water partition coefficient (Wildman–Crippen LogP) is 0.240. The normalized spacial score (nSPS) is 6.57. The molecule has 0 aliphatic rings. The van der Waals surface area contributed by atoms with Crippen LogP contribution in [0.3, 0.4) is 0 Å². The van der Waals surface area contributed by atoms with Crippen LogP contribution in [0.25, 0.3) is 0 Å². The van der Waals surface area contributed by atoms with Gasteiger partial charge in [0.1, 0.15) is 12.7 Å². The third-order valence-corrected chi connectivity index (χ3v) is 0.391. The lowest BCUT2D eigenvalue weighted by molar-refractivity contribution is 0.238. The molecule has 0 saturated carbocycles. The van der Waals surface area contributed by atoms with E-state index in [1.54, 1.807) is 7.11 Å². The highest BCUT2D eigenvalue weighted by atomic mass is 16.5. The first kappa shape index (κ1) is 6.32. The molecule has 40 valence electrons. The largest absolute Gasteiger partial charge is 0.450 e. The van der Waals surface area contributed by atoms with Crippen molar-refractivity contribution in [2.45, 2.75) is 0 Å². The fourth-order valence-electron chi connectivity index (χ4n) is 0.174. The van der Waals surface area contributed by atoms with Crippen LogP contribution >= 0.6 is 0 Å². The predicted molar refractivity (Wildman–Crippen MR) is 26.7 cm³/mol. The van der Waals surface area contributed by atoms with Crippen molar-refractivity contribution in [2.24, 2.45) is 0 Å². The average Bonchev–Trinajstić information content (AvgIpc) is 1.69. The van der Waals surface area contributed by atoms with Crippen molar-refractivity contribution in [3.05, 3.63) is 0 Å². The lowest BCUT2D eigenvalue weighted by Crippen LogP contribution is -1.80. The van der Waals surface area contributed by atoms with Crippen LogP contribution in [0.2, 0.25) is 0 Å². The Bertz CT molecular complexity index is 77.8. The molecule has 0 aliphatic heterocycles. The molecule has 0 amide bonds. The van der Waals surface area contributed by atoms with Crippen molar-refractivity contribution in [3.63, 3.8) is 0 Å². The van der Waals surface area contributed by atoms with Gasteiger partial charge in [0, 0.05) is 7.11 Å². The van der Waals surface area contributed by atoms with E-state index in [1.807, 2.05) is 0 Å². The van der Waals surface area contributed by atoms with Gasteiger partial charge in [0.05, 0.1) is 7.11 Å². The van der Waals surface area contributed by atoms with Gasteiger partial charge in [-0.2, -0.15) is 0 Å². The van der Waals surface area contributed by atoms with Crippen LogP contribution in [0.5, 0.6) is 0 Å². The van der Waals surface area contributed by atoms with Crippen LogP contribution in [-0.4, -0.2) is 20.8 Å². The smallest absolute Gasteiger partial charge is 0.112 e. The van der Waals surface area contributed by atoms with E-state index in [0.29, 0.717) is 6.61 Å². The van der Waals surface area contributed by atoms with Gasteiger partial charge in [-0.05, 0) is 5.92 Å². The molecule has 0 aromatic rings. The van der Waals surface area contributed by atoms with E-state index < -0.39 is 0 Å². The third-order valence-electron chi connectivity index (χ3n) is 0.391. The Labute approximate surface area is 43.4 Å². The second-order valence-corrected chi connectivity index (χ2v) is 0.916. The van der Waals surface area contributed by atoms with Crippen molar-refractivity contribution in [2.75, 3.05) is 20.8 Å². The van der Waals surface area contributed by atoms with E-state index in [-0.39, 0.29) is 0 Å². The van der Waals surface area contributed by atoms with Gasteiger partial charge in [0.15, 0.2) is 0 Å². The first-order chi connectivity index (χ1) is 3.41. The van der Waals surface area contributed by atoms with Gasteiger partial charge in [-0.25, -0.2) is 0 Å². The number of hydrogen-bond acceptors (Lipinski definition) is 2. The quantitative estimate of drug-likeness (QED) is 0.439. The molecule has 0 aromatic heterocycles. The van der Waals surface area contributed by atoms with E-state index in [2.05, 4.69) is 21.5 Å². The van der Waals surface area contributed by atoms with Gasteiger partial charge in [0.2, 0.25) is 0 Å². The van der Waals surface area contributed by atoms with Gasteiger partial charge >= 0.3 is 0 Å². The highest BCUT2D eigenvalue weighted by molar-refractivity contribution is 4.90.